The summed E-state index contributed by atoms with van der Waals surface area (Å²) in [5.41, 5.74) is 3.22. The first-order chi connectivity index (χ1) is 11.5. The molecule has 0 saturated heterocycles. The van der Waals surface area contributed by atoms with Crippen molar-refractivity contribution in [2.45, 2.75) is 59.1 Å². The lowest BCUT2D eigenvalue weighted by atomic mass is 10.1. The molecular weight excluding hydrogens is 302 g/mol. The molecule has 2 N–H and O–H groups in total. The highest BCUT2D eigenvalue weighted by molar-refractivity contribution is 6.01. The van der Waals surface area contributed by atoms with Gasteiger partial charge >= 0.3 is 0 Å². The summed E-state index contributed by atoms with van der Waals surface area (Å²) in [7, 11) is 0. The fourth-order valence-electron chi connectivity index (χ4n) is 3.42. The number of hydrogen-bond acceptors (Lipinski definition) is 3. The quantitative estimate of drug-likeness (QED) is 0.622. The van der Waals surface area contributed by atoms with Crippen molar-refractivity contribution in [1.82, 2.24) is 9.88 Å². The first kappa shape index (κ1) is 18.3. The highest BCUT2D eigenvalue weighted by atomic mass is 16.3. The third-order valence-corrected chi connectivity index (χ3v) is 4.87. The molecule has 1 fully saturated rings. The van der Waals surface area contributed by atoms with Crippen LogP contribution in [0.2, 0.25) is 0 Å². The van der Waals surface area contributed by atoms with Gasteiger partial charge in [0, 0.05) is 30.4 Å². The van der Waals surface area contributed by atoms with E-state index in [-0.39, 0.29) is 23.5 Å². The summed E-state index contributed by atoms with van der Waals surface area (Å²) >= 11 is 0. The molecule has 0 bridgehead atoms. The Hall–Kier alpha value is -2.06. The minimum Gasteiger partial charge on any atom is -0.393 e. The number of nitrogens with one attached hydrogen (secondary N) is 1. The topological polar surface area (TPSA) is 78.0 Å². The average molecular weight is 329 g/mol. The van der Waals surface area contributed by atoms with Crippen molar-refractivity contribution in [3.63, 3.8) is 0 Å². The number of aromatic nitrogens is 1. The van der Waals surface area contributed by atoms with Crippen LogP contribution in [0.25, 0.3) is 6.08 Å². The van der Waals surface area contributed by atoms with Gasteiger partial charge in [-0.15, -0.1) is 0 Å². The fourth-order valence-corrected chi connectivity index (χ4v) is 3.42. The van der Waals surface area contributed by atoms with Crippen molar-refractivity contribution in [2.24, 2.45) is 5.92 Å². The normalized spacial score (nSPS) is 20.9. The van der Waals surface area contributed by atoms with Crippen molar-refractivity contribution < 1.29 is 9.90 Å². The van der Waals surface area contributed by atoms with Gasteiger partial charge in [-0.1, -0.05) is 13.3 Å². The molecule has 130 valence electrons. The van der Waals surface area contributed by atoms with E-state index in [1.807, 2.05) is 26.0 Å². The lowest BCUT2D eigenvalue weighted by molar-refractivity contribution is -0.117. The minimum absolute atomic E-state index is 0.100. The summed E-state index contributed by atoms with van der Waals surface area (Å²) in [5, 5.41) is 22.0. The van der Waals surface area contributed by atoms with Crippen LogP contribution in [0.3, 0.4) is 0 Å². The van der Waals surface area contributed by atoms with Crippen LogP contribution in [-0.2, 0) is 11.3 Å². The standard InChI is InChI=1S/C19H27N3O2/c1-4-8-22-13(2)9-16(14(22)3)10-17(11-20)19(24)21-12-15-6-5-7-18(15)23/h9-10,15,18,23H,4-8,12H2,1-3H3,(H,21,24). The second-order valence-corrected chi connectivity index (χ2v) is 6.62. The molecule has 2 unspecified atom stereocenters. The number of aliphatic hydroxyl groups is 1. The second kappa shape index (κ2) is 8.16. The van der Waals surface area contributed by atoms with Crippen LogP contribution in [-0.4, -0.2) is 28.2 Å². The first-order valence-electron chi connectivity index (χ1n) is 8.72. The van der Waals surface area contributed by atoms with Gasteiger partial charge in [0.1, 0.15) is 11.6 Å². The maximum absolute atomic E-state index is 12.3. The Kier molecular flexibility index (Phi) is 6.22. The predicted octanol–water partition coefficient (Wildman–Crippen LogP) is 2.70. The number of amides is 1. The summed E-state index contributed by atoms with van der Waals surface area (Å²) < 4.78 is 2.20. The molecule has 1 saturated carbocycles. The number of nitriles is 1. The number of rotatable bonds is 6. The van der Waals surface area contributed by atoms with Gasteiger partial charge < -0.3 is 15.0 Å². The Morgan fingerprint density at radius 3 is 2.83 bits per heavy atom. The van der Waals surface area contributed by atoms with E-state index in [0.717, 1.165) is 49.2 Å². The first-order valence-corrected chi connectivity index (χ1v) is 8.72. The van der Waals surface area contributed by atoms with Gasteiger partial charge in [-0.2, -0.15) is 5.26 Å². The summed E-state index contributed by atoms with van der Waals surface area (Å²) in [6.45, 7) is 7.52. The molecule has 5 heteroatoms. The molecule has 1 aromatic heterocycles. The molecule has 2 atom stereocenters. The van der Waals surface area contributed by atoms with Crippen LogP contribution in [0.4, 0.5) is 0 Å². The number of aryl methyl sites for hydroxylation is 1. The number of nitrogens with zero attached hydrogens (tertiary/aromatic N) is 2. The number of hydrogen-bond donors (Lipinski definition) is 2. The summed E-state index contributed by atoms with van der Waals surface area (Å²) in [4.78, 5) is 12.3. The Labute approximate surface area is 144 Å². The van der Waals surface area contributed by atoms with E-state index < -0.39 is 0 Å². The molecule has 0 radical (unpaired) electrons. The number of carbonyl (C=O) groups excluding carboxylic acids is 1. The third kappa shape index (κ3) is 4.07. The average Bonchev–Trinajstić information content (AvgIpc) is 3.08. The second-order valence-electron chi connectivity index (χ2n) is 6.62. The summed E-state index contributed by atoms with van der Waals surface area (Å²) in [6, 6.07) is 4.01. The largest absolute Gasteiger partial charge is 0.393 e. The Balaban J connectivity index is 2.10. The van der Waals surface area contributed by atoms with Crippen molar-refractivity contribution >= 4 is 12.0 Å². The van der Waals surface area contributed by atoms with Crippen LogP contribution < -0.4 is 5.32 Å². The number of carbonyl (C=O) groups is 1. The van der Waals surface area contributed by atoms with E-state index in [4.69, 9.17) is 0 Å². The molecule has 5 nitrogen and oxygen atoms in total. The minimum atomic E-state index is -0.364. The molecule has 1 heterocycles. The zero-order valence-corrected chi connectivity index (χ0v) is 14.8. The van der Waals surface area contributed by atoms with Crippen molar-refractivity contribution in [3.05, 3.63) is 28.6 Å². The molecule has 1 amide bonds. The van der Waals surface area contributed by atoms with E-state index in [9.17, 15) is 15.2 Å². The van der Waals surface area contributed by atoms with Gasteiger partial charge in [-0.3, -0.25) is 4.79 Å². The lowest BCUT2D eigenvalue weighted by Gasteiger charge is -2.14. The van der Waals surface area contributed by atoms with Gasteiger partial charge in [0.2, 0.25) is 0 Å². The Morgan fingerprint density at radius 2 is 2.25 bits per heavy atom. The SMILES string of the molecule is CCCn1c(C)cc(C=C(C#N)C(=O)NCC2CCCC2O)c1C. The molecule has 1 aromatic rings. The molecule has 2 rings (SSSR count). The maximum Gasteiger partial charge on any atom is 0.261 e. The van der Waals surface area contributed by atoms with E-state index in [1.165, 1.54) is 0 Å². The molecular formula is C19H27N3O2. The smallest absolute Gasteiger partial charge is 0.261 e. The summed E-state index contributed by atoms with van der Waals surface area (Å²) in [6.07, 6.45) is 5.07. The molecule has 24 heavy (non-hydrogen) atoms. The molecule has 1 aliphatic rings. The van der Waals surface area contributed by atoms with Gasteiger partial charge in [0.15, 0.2) is 0 Å². The van der Waals surface area contributed by atoms with Crippen LogP contribution in [0.5, 0.6) is 0 Å². The molecule has 0 spiro atoms. The highest BCUT2D eigenvalue weighted by Crippen LogP contribution is 2.25. The van der Waals surface area contributed by atoms with Crippen molar-refractivity contribution in [3.8, 4) is 6.07 Å². The van der Waals surface area contributed by atoms with Gasteiger partial charge in [-0.05, 0) is 50.8 Å². The Bertz CT molecular complexity index is 667. The van der Waals surface area contributed by atoms with Crippen LogP contribution in [0, 0.1) is 31.1 Å². The zero-order chi connectivity index (χ0) is 17.7. The molecule has 0 aromatic carbocycles. The van der Waals surface area contributed by atoms with Crippen molar-refractivity contribution in [2.75, 3.05) is 6.54 Å². The van der Waals surface area contributed by atoms with Crippen LogP contribution in [0.1, 0.15) is 49.6 Å². The summed E-state index contributed by atoms with van der Waals surface area (Å²) in [5.74, 6) is -0.264. The number of aliphatic hydroxyl groups excluding tert-OH is 1. The van der Waals surface area contributed by atoms with Gasteiger partial charge in [0.05, 0.1) is 6.10 Å². The lowest BCUT2D eigenvalue weighted by Crippen LogP contribution is -2.33. The molecule has 1 aliphatic carbocycles. The van der Waals surface area contributed by atoms with Gasteiger partial charge in [-0.25, -0.2) is 0 Å². The highest BCUT2D eigenvalue weighted by Gasteiger charge is 2.25. The predicted molar refractivity (Wildman–Crippen MR) is 94.1 cm³/mol. The van der Waals surface area contributed by atoms with Crippen LogP contribution in [0.15, 0.2) is 11.6 Å². The Morgan fingerprint density at radius 1 is 1.50 bits per heavy atom. The monoisotopic (exact) mass is 329 g/mol. The van der Waals surface area contributed by atoms with E-state index in [1.54, 1.807) is 6.08 Å². The zero-order valence-electron chi connectivity index (χ0n) is 14.8. The van der Waals surface area contributed by atoms with E-state index >= 15 is 0 Å². The maximum atomic E-state index is 12.3. The molecule has 0 aliphatic heterocycles. The van der Waals surface area contributed by atoms with E-state index in [2.05, 4.69) is 16.8 Å². The third-order valence-electron chi connectivity index (χ3n) is 4.87. The van der Waals surface area contributed by atoms with Crippen molar-refractivity contribution in [1.29, 1.82) is 5.26 Å². The fraction of sp³-hybridized carbons (Fsp3) is 0.579. The van der Waals surface area contributed by atoms with Gasteiger partial charge in [0.25, 0.3) is 5.91 Å². The van der Waals surface area contributed by atoms with Crippen LogP contribution >= 0.6 is 0 Å². The van der Waals surface area contributed by atoms with E-state index in [0.29, 0.717) is 6.54 Å².